The van der Waals surface area contributed by atoms with Gasteiger partial charge in [0.2, 0.25) is 0 Å². The highest BCUT2D eigenvalue weighted by Gasteiger charge is 2.33. The fraction of sp³-hybridized carbons (Fsp3) is 0.444. The van der Waals surface area contributed by atoms with Gasteiger partial charge in [-0.25, -0.2) is 9.97 Å². The van der Waals surface area contributed by atoms with E-state index in [1.165, 1.54) is 5.56 Å². The summed E-state index contributed by atoms with van der Waals surface area (Å²) in [4.78, 5) is 9.45. The van der Waals surface area contributed by atoms with E-state index in [2.05, 4.69) is 43.1 Å². The topological polar surface area (TPSA) is 51.8 Å². The minimum absolute atomic E-state index is 0.0339. The average Bonchev–Trinajstić information content (AvgIpc) is 2.50. The molecule has 0 bridgehead atoms. The summed E-state index contributed by atoms with van der Waals surface area (Å²) in [5.41, 5.74) is 9.13. The summed E-state index contributed by atoms with van der Waals surface area (Å²) < 4.78 is 0. The Morgan fingerprint density at radius 1 is 1.14 bits per heavy atom. The first kappa shape index (κ1) is 15.6. The van der Waals surface area contributed by atoms with Crippen LogP contribution < -0.4 is 5.73 Å². The van der Waals surface area contributed by atoms with Crippen molar-refractivity contribution in [3.05, 3.63) is 59.2 Å². The Bertz CT molecular complexity index is 587. The lowest BCUT2D eigenvalue weighted by Gasteiger charge is -2.31. The number of nitrogens with zero attached hydrogens (tertiary/aromatic N) is 2. The summed E-state index contributed by atoms with van der Waals surface area (Å²) in [7, 11) is 0. The van der Waals surface area contributed by atoms with E-state index in [0.717, 1.165) is 29.9 Å². The van der Waals surface area contributed by atoms with Gasteiger partial charge in [0.15, 0.2) is 0 Å². The van der Waals surface area contributed by atoms with Crippen LogP contribution in [0.1, 0.15) is 62.3 Å². The monoisotopic (exact) mass is 283 g/mol. The summed E-state index contributed by atoms with van der Waals surface area (Å²) in [5.74, 6) is 0.903. The van der Waals surface area contributed by atoms with Crippen molar-refractivity contribution in [2.24, 2.45) is 5.73 Å². The van der Waals surface area contributed by atoms with Gasteiger partial charge in [-0.3, -0.25) is 0 Å². The Morgan fingerprint density at radius 3 is 2.24 bits per heavy atom. The number of aromatic nitrogens is 2. The summed E-state index contributed by atoms with van der Waals surface area (Å²) in [6.45, 7) is 8.39. The fourth-order valence-electron chi connectivity index (χ4n) is 3.01. The van der Waals surface area contributed by atoms with Crippen molar-refractivity contribution in [1.82, 2.24) is 9.97 Å². The SMILES string of the molecule is CCC(CC)(c1ccccc1)c1ncc(C(C)N)c(C)n1. The molecular weight excluding hydrogens is 258 g/mol. The van der Waals surface area contributed by atoms with Crippen molar-refractivity contribution in [3.8, 4) is 0 Å². The lowest BCUT2D eigenvalue weighted by Crippen LogP contribution is -2.29. The molecule has 0 spiro atoms. The molecule has 112 valence electrons. The van der Waals surface area contributed by atoms with E-state index in [9.17, 15) is 0 Å². The van der Waals surface area contributed by atoms with Crippen LogP contribution in [0.2, 0.25) is 0 Å². The molecule has 0 saturated heterocycles. The van der Waals surface area contributed by atoms with Gasteiger partial charge in [0.25, 0.3) is 0 Å². The van der Waals surface area contributed by atoms with Crippen molar-refractivity contribution in [2.75, 3.05) is 0 Å². The molecule has 2 aromatic rings. The second-order valence-corrected chi connectivity index (χ2v) is 5.68. The Morgan fingerprint density at radius 2 is 1.76 bits per heavy atom. The molecule has 1 aromatic carbocycles. The molecule has 0 amide bonds. The van der Waals surface area contributed by atoms with Gasteiger partial charge in [-0.2, -0.15) is 0 Å². The number of benzene rings is 1. The zero-order valence-corrected chi connectivity index (χ0v) is 13.4. The molecule has 0 fully saturated rings. The summed E-state index contributed by atoms with van der Waals surface area (Å²) in [6, 6.07) is 10.5. The summed E-state index contributed by atoms with van der Waals surface area (Å²) >= 11 is 0. The van der Waals surface area contributed by atoms with Gasteiger partial charge in [-0.1, -0.05) is 44.2 Å². The van der Waals surface area contributed by atoms with Crippen LogP contribution >= 0.6 is 0 Å². The predicted octanol–water partition coefficient (Wildman–Crippen LogP) is 3.91. The third kappa shape index (κ3) is 2.84. The normalized spacial score (nSPS) is 13.2. The first-order valence-electron chi connectivity index (χ1n) is 7.70. The molecule has 0 saturated carbocycles. The smallest absolute Gasteiger partial charge is 0.139 e. The van der Waals surface area contributed by atoms with E-state index >= 15 is 0 Å². The van der Waals surface area contributed by atoms with Gasteiger partial charge in [0, 0.05) is 23.5 Å². The van der Waals surface area contributed by atoms with Gasteiger partial charge in [0.05, 0.1) is 5.41 Å². The van der Waals surface area contributed by atoms with Crippen molar-refractivity contribution >= 4 is 0 Å². The first-order chi connectivity index (χ1) is 10.0. The number of rotatable bonds is 5. The first-order valence-corrected chi connectivity index (χ1v) is 7.70. The van der Waals surface area contributed by atoms with E-state index in [1.807, 2.05) is 26.1 Å². The Balaban J connectivity index is 2.56. The third-order valence-electron chi connectivity index (χ3n) is 4.47. The Hall–Kier alpha value is -1.74. The largest absolute Gasteiger partial charge is 0.324 e. The maximum Gasteiger partial charge on any atom is 0.139 e. The molecule has 1 heterocycles. The highest BCUT2D eigenvalue weighted by Crippen LogP contribution is 2.37. The van der Waals surface area contributed by atoms with E-state index < -0.39 is 0 Å². The molecule has 0 aliphatic carbocycles. The van der Waals surface area contributed by atoms with Crippen LogP contribution in [-0.2, 0) is 5.41 Å². The molecule has 1 aromatic heterocycles. The highest BCUT2D eigenvalue weighted by atomic mass is 14.9. The van der Waals surface area contributed by atoms with Crippen LogP contribution in [0.4, 0.5) is 0 Å². The van der Waals surface area contributed by atoms with Gasteiger partial charge in [0.1, 0.15) is 5.82 Å². The Kier molecular flexibility index (Phi) is 4.73. The highest BCUT2D eigenvalue weighted by molar-refractivity contribution is 5.34. The minimum atomic E-state index is -0.123. The third-order valence-corrected chi connectivity index (χ3v) is 4.47. The van der Waals surface area contributed by atoms with Crippen LogP contribution in [0.5, 0.6) is 0 Å². The standard InChI is InChI=1S/C18H25N3/c1-5-18(6-2,15-10-8-7-9-11-15)17-20-12-16(13(3)19)14(4)21-17/h7-13H,5-6,19H2,1-4H3. The van der Waals surface area contributed by atoms with Crippen LogP contribution in [0.15, 0.2) is 36.5 Å². The molecule has 3 heteroatoms. The molecule has 2 N–H and O–H groups in total. The van der Waals surface area contributed by atoms with Crippen molar-refractivity contribution in [1.29, 1.82) is 0 Å². The van der Waals surface area contributed by atoms with Crippen molar-refractivity contribution in [3.63, 3.8) is 0 Å². The van der Waals surface area contributed by atoms with Gasteiger partial charge >= 0.3 is 0 Å². The zero-order valence-electron chi connectivity index (χ0n) is 13.4. The predicted molar refractivity (Wildman–Crippen MR) is 87.2 cm³/mol. The second kappa shape index (κ2) is 6.35. The average molecular weight is 283 g/mol. The van der Waals surface area contributed by atoms with Crippen LogP contribution in [0, 0.1) is 6.92 Å². The molecule has 0 radical (unpaired) electrons. The maximum absolute atomic E-state index is 5.97. The molecule has 0 aliphatic rings. The minimum Gasteiger partial charge on any atom is -0.324 e. The van der Waals surface area contributed by atoms with E-state index in [-0.39, 0.29) is 11.5 Å². The molecule has 0 aliphatic heterocycles. The number of hydrogen-bond donors (Lipinski definition) is 1. The maximum atomic E-state index is 5.97. The molecule has 3 nitrogen and oxygen atoms in total. The van der Waals surface area contributed by atoms with Crippen molar-refractivity contribution < 1.29 is 0 Å². The van der Waals surface area contributed by atoms with Crippen molar-refractivity contribution in [2.45, 2.75) is 52.0 Å². The number of aryl methyl sites for hydroxylation is 1. The molecule has 21 heavy (non-hydrogen) atoms. The van der Waals surface area contributed by atoms with E-state index in [0.29, 0.717) is 0 Å². The lowest BCUT2D eigenvalue weighted by atomic mass is 9.75. The quantitative estimate of drug-likeness (QED) is 0.905. The molecular formula is C18H25N3. The molecule has 1 atom stereocenters. The van der Waals surface area contributed by atoms with Gasteiger partial charge in [-0.15, -0.1) is 0 Å². The van der Waals surface area contributed by atoms with Crippen LogP contribution in [-0.4, -0.2) is 9.97 Å². The zero-order chi connectivity index (χ0) is 15.5. The number of hydrogen-bond acceptors (Lipinski definition) is 3. The Labute approximate surface area is 127 Å². The molecule has 2 rings (SSSR count). The summed E-state index contributed by atoms with van der Waals surface area (Å²) in [6.07, 6.45) is 3.85. The lowest BCUT2D eigenvalue weighted by molar-refractivity contribution is 0.446. The van der Waals surface area contributed by atoms with Crippen LogP contribution in [0.3, 0.4) is 0 Å². The number of nitrogens with two attached hydrogens (primary N) is 1. The fourth-order valence-corrected chi connectivity index (χ4v) is 3.01. The van der Waals surface area contributed by atoms with Gasteiger partial charge < -0.3 is 5.73 Å². The van der Waals surface area contributed by atoms with E-state index in [4.69, 9.17) is 10.7 Å². The summed E-state index contributed by atoms with van der Waals surface area (Å²) in [5, 5.41) is 0. The second-order valence-electron chi connectivity index (χ2n) is 5.68. The molecule has 1 unspecified atom stereocenters. The van der Waals surface area contributed by atoms with Gasteiger partial charge in [-0.05, 0) is 32.3 Å². The van der Waals surface area contributed by atoms with Crippen LogP contribution in [0.25, 0.3) is 0 Å². The van der Waals surface area contributed by atoms with E-state index in [1.54, 1.807) is 0 Å².